The molecule has 1 aromatic carbocycles. The molecule has 0 aromatic heterocycles. The standard InChI is InChI=1S/C18H28FN/c1-14(2)12-20-13-17(16-7-3-4-8-16)10-15-6-5-9-18(19)11-15/h5-6,9,11,14,16-17,20H,3-4,7-8,10,12-13H2,1-2H3. The molecule has 0 spiro atoms. The Hall–Kier alpha value is -0.890. The van der Waals surface area contributed by atoms with Crippen molar-refractivity contribution < 1.29 is 4.39 Å². The molecular formula is C18H28FN. The second kappa shape index (κ2) is 7.78. The third-order valence-electron chi connectivity index (χ3n) is 4.41. The van der Waals surface area contributed by atoms with Crippen molar-refractivity contribution in [2.75, 3.05) is 13.1 Å². The molecule has 1 aliphatic rings. The second-order valence-electron chi connectivity index (χ2n) is 6.69. The number of halogens is 1. The molecule has 1 atom stereocenters. The predicted octanol–water partition coefficient (Wildman–Crippen LogP) is 4.42. The van der Waals surface area contributed by atoms with Crippen molar-refractivity contribution >= 4 is 0 Å². The molecule has 1 fully saturated rings. The lowest BCUT2D eigenvalue weighted by Gasteiger charge is -2.24. The molecule has 0 radical (unpaired) electrons. The lowest BCUT2D eigenvalue weighted by Crippen LogP contribution is -2.31. The fourth-order valence-corrected chi connectivity index (χ4v) is 3.36. The van der Waals surface area contributed by atoms with Crippen LogP contribution in [0.25, 0.3) is 0 Å². The minimum atomic E-state index is -0.109. The monoisotopic (exact) mass is 277 g/mol. The van der Waals surface area contributed by atoms with Crippen molar-refractivity contribution in [1.82, 2.24) is 5.32 Å². The Kier molecular flexibility index (Phi) is 6.03. The van der Waals surface area contributed by atoms with Crippen molar-refractivity contribution in [3.05, 3.63) is 35.6 Å². The number of benzene rings is 1. The molecule has 1 aliphatic carbocycles. The Morgan fingerprint density at radius 3 is 2.60 bits per heavy atom. The number of nitrogens with one attached hydrogen (secondary N) is 1. The van der Waals surface area contributed by atoms with E-state index in [-0.39, 0.29) is 5.82 Å². The number of hydrogen-bond acceptors (Lipinski definition) is 1. The summed E-state index contributed by atoms with van der Waals surface area (Å²) < 4.78 is 13.3. The maximum absolute atomic E-state index is 13.3. The van der Waals surface area contributed by atoms with Gasteiger partial charge in [0, 0.05) is 0 Å². The van der Waals surface area contributed by atoms with Crippen molar-refractivity contribution in [3.8, 4) is 0 Å². The summed E-state index contributed by atoms with van der Waals surface area (Å²) in [4.78, 5) is 0. The third kappa shape index (κ3) is 4.90. The van der Waals surface area contributed by atoms with Crippen LogP contribution in [0.5, 0.6) is 0 Å². The number of rotatable bonds is 7. The summed E-state index contributed by atoms with van der Waals surface area (Å²) in [5, 5.41) is 3.60. The predicted molar refractivity (Wildman–Crippen MR) is 83.3 cm³/mol. The van der Waals surface area contributed by atoms with Crippen LogP contribution in [0.4, 0.5) is 4.39 Å². The third-order valence-corrected chi connectivity index (χ3v) is 4.41. The van der Waals surface area contributed by atoms with Crippen LogP contribution in [0.15, 0.2) is 24.3 Å². The van der Waals surface area contributed by atoms with Gasteiger partial charge in [-0.25, -0.2) is 4.39 Å². The average molecular weight is 277 g/mol. The van der Waals surface area contributed by atoms with Gasteiger partial charge in [-0.15, -0.1) is 0 Å². The first-order valence-corrected chi connectivity index (χ1v) is 8.10. The minimum absolute atomic E-state index is 0.109. The molecule has 2 rings (SSSR count). The van der Waals surface area contributed by atoms with E-state index in [4.69, 9.17) is 0 Å². The molecule has 1 unspecified atom stereocenters. The molecule has 1 N–H and O–H groups in total. The lowest BCUT2D eigenvalue weighted by atomic mass is 9.85. The molecular weight excluding hydrogens is 249 g/mol. The normalized spacial score (nSPS) is 17.8. The van der Waals surface area contributed by atoms with Gasteiger partial charge in [0.1, 0.15) is 5.82 Å². The van der Waals surface area contributed by atoms with Crippen molar-refractivity contribution in [2.45, 2.75) is 46.0 Å². The first-order valence-electron chi connectivity index (χ1n) is 8.10. The molecule has 0 amide bonds. The van der Waals surface area contributed by atoms with E-state index < -0.39 is 0 Å². The van der Waals surface area contributed by atoms with Crippen LogP contribution in [0.3, 0.4) is 0 Å². The highest BCUT2D eigenvalue weighted by Crippen LogP contribution is 2.33. The van der Waals surface area contributed by atoms with E-state index in [1.54, 1.807) is 6.07 Å². The Labute approximate surface area is 123 Å². The molecule has 0 heterocycles. The summed E-state index contributed by atoms with van der Waals surface area (Å²) in [5.74, 6) is 2.05. The summed E-state index contributed by atoms with van der Waals surface area (Å²) in [7, 11) is 0. The first kappa shape index (κ1) is 15.5. The zero-order valence-corrected chi connectivity index (χ0v) is 12.9. The van der Waals surface area contributed by atoms with Gasteiger partial charge in [-0.1, -0.05) is 51.7 Å². The van der Waals surface area contributed by atoms with Crippen LogP contribution < -0.4 is 5.32 Å². The minimum Gasteiger partial charge on any atom is -0.316 e. The summed E-state index contributed by atoms with van der Waals surface area (Å²) in [5.41, 5.74) is 1.15. The maximum atomic E-state index is 13.3. The first-order chi connectivity index (χ1) is 9.65. The molecule has 112 valence electrons. The zero-order valence-electron chi connectivity index (χ0n) is 12.9. The Bertz CT molecular complexity index is 396. The lowest BCUT2D eigenvalue weighted by molar-refractivity contribution is 0.315. The Balaban J connectivity index is 1.94. The summed E-state index contributed by atoms with van der Waals surface area (Å²) >= 11 is 0. The molecule has 1 saturated carbocycles. The average Bonchev–Trinajstić information content (AvgIpc) is 2.91. The van der Waals surface area contributed by atoms with E-state index in [9.17, 15) is 4.39 Å². The largest absolute Gasteiger partial charge is 0.316 e. The Morgan fingerprint density at radius 2 is 1.95 bits per heavy atom. The highest BCUT2D eigenvalue weighted by molar-refractivity contribution is 5.17. The molecule has 0 aliphatic heterocycles. The van der Waals surface area contributed by atoms with Gasteiger partial charge < -0.3 is 5.32 Å². The van der Waals surface area contributed by atoms with Gasteiger partial charge in [0.2, 0.25) is 0 Å². The van der Waals surface area contributed by atoms with Crippen molar-refractivity contribution in [2.24, 2.45) is 17.8 Å². The second-order valence-corrected chi connectivity index (χ2v) is 6.69. The number of hydrogen-bond donors (Lipinski definition) is 1. The van der Waals surface area contributed by atoms with Crippen molar-refractivity contribution in [3.63, 3.8) is 0 Å². The summed E-state index contributed by atoms with van der Waals surface area (Å²) in [6.45, 7) is 6.63. The SMILES string of the molecule is CC(C)CNCC(Cc1cccc(F)c1)C1CCCC1. The van der Waals surface area contributed by atoms with Gasteiger partial charge >= 0.3 is 0 Å². The van der Waals surface area contributed by atoms with E-state index in [2.05, 4.69) is 25.2 Å². The quantitative estimate of drug-likeness (QED) is 0.778. The van der Waals surface area contributed by atoms with Crippen molar-refractivity contribution in [1.29, 1.82) is 0 Å². The molecule has 1 aromatic rings. The molecule has 20 heavy (non-hydrogen) atoms. The highest BCUT2D eigenvalue weighted by atomic mass is 19.1. The molecule has 0 saturated heterocycles. The van der Waals surface area contributed by atoms with Crippen LogP contribution in [0, 0.1) is 23.6 Å². The van der Waals surface area contributed by atoms with E-state index >= 15 is 0 Å². The van der Waals surface area contributed by atoms with E-state index in [1.807, 2.05) is 6.07 Å². The van der Waals surface area contributed by atoms with Gasteiger partial charge in [0.05, 0.1) is 0 Å². The molecule has 1 nitrogen and oxygen atoms in total. The fraction of sp³-hybridized carbons (Fsp3) is 0.667. The van der Waals surface area contributed by atoms with E-state index in [1.165, 1.54) is 31.7 Å². The fourth-order valence-electron chi connectivity index (χ4n) is 3.36. The molecule has 2 heteroatoms. The summed E-state index contributed by atoms with van der Waals surface area (Å²) in [6, 6.07) is 7.13. The summed E-state index contributed by atoms with van der Waals surface area (Å²) in [6.07, 6.45) is 6.45. The van der Waals surface area contributed by atoms with Gasteiger partial charge in [0.25, 0.3) is 0 Å². The van der Waals surface area contributed by atoms with Crippen LogP contribution in [0.2, 0.25) is 0 Å². The van der Waals surface area contributed by atoms with Crippen LogP contribution in [-0.2, 0) is 6.42 Å². The van der Waals surface area contributed by atoms with Gasteiger partial charge in [-0.05, 0) is 55.0 Å². The van der Waals surface area contributed by atoms with Gasteiger partial charge in [-0.3, -0.25) is 0 Å². The zero-order chi connectivity index (χ0) is 14.4. The van der Waals surface area contributed by atoms with Crippen LogP contribution in [0.1, 0.15) is 45.1 Å². The topological polar surface area (TPSA) is 12.0 Å². The smallest absolute Gasteiger partial charge is 0.123 e. The maximum Gasteiger partial charge on any atom is 0.123 e. The molecule has 0 bridgehead atoms. The van der Waals surface area contributed by atoms with Gasteiger partial charge in [-0.2, -0.15) is 0 Å². The van der Waals surface area contributed by atoms with E-state index in [0.717, 1.165) is 31.0 Å². The van der Waals surface area contributed by atoms with Crippen LogP contribution >= 0.6 is 0 Å². The van der Waals surface area contributed by atoms with Crippen LogP contribution in [-0.4, -0.2) is 13.1 Å². The van der Waals surface area contributed by atoms with Gasteiger partial charge in [0.15, 0.2) is 0 Å². The van der Waals surface area contributed by atoms with E-state index in [0.29, 0.717) is 11.8 Å². The Morgan fingerprint density at radius 1 is 1.20 bits per heavy atom. The highest BCUT2D eigenvalue weighted by Gasteiger charge is 2.25.